The van der Waals surface area contributed by atoms with Crippen molar-refractivity contribution < 1.29 is 4.79 Å². The SMILES string of the molecule is CCNC(=NCCNC(=O)c1ccc(Br)cc1)N(C)Cc1cccn1C. The summed E-state index contributed by atoms with van der Waals surface area (Å²) in [6, 6.07) is 11.4. The van der Waals surface area contributed by atoms with Crippen LogP contribution in [0.2, 0.25) is 0 Å². The first-order valence-electron chi connectivity index (χ1n) is 8.64. The maximum Gasteiger partial charge on any atom is 0.251 e. The van der Waals surface area contributed by atoms with Gasteiger partial charge in [0.1, 0.15) is 0 Å². The number of carbonyl (C=O) groups excluding carboxylic acids is 1. The number of aryl methyl sites for hydroxylation is 1. The lowest BCUT2D eigenvalue weighted by Crippen LogP contribution is -2.39. The number of rotatable bonds is 7. The number of aromatic nitrogens is 1. The third-order valence-electron chi connectivity index (χ3n) is 3.91. The number of halogens is 1. The third kappa shape index (κ3) is 5.91. The Morgan fingerprint density at radius 1 is 1.23 bits per heavy atom. The Hall–Kier alpha value is -2.28. The molecule has 0 aliphatic carbocycles. The highest BCUT2D eigenvalue weighted by atomic mass is 79.9. The van der Waals surface area contributed by atoms with Crippen molar-refractivity contribution in [2.75, 3.05) is 26.7 Å². The number of aliphatic imine (C=N–C) groups is 1. The fourth-order valence-electron chi connectivity index (χ4n) is 2.48. The fraction of sp³-hybridized carbons (Fsp3) is 0.368. The largest absolute Gasteiger partial charge is 0.357 e. The van der Waals surface area contributed by atoms with E-state index >= 15 is 0 Å². The Labute approximate surface area is 163 Å². The standard InChI is InChI=1S/C19H26BrN5O/c1-4-21-19(25(3)14-17-6-5-13-24(17)2)23-12-11-22-18(26)15-7-9-16(20)10-8-15/h5-10,13H,4,11-12,14H2,1-3H3,(H,21,23)(H,22,26). The summed E-state index contributed by atoms with van der Waals surface area (Å²) in [4.78, 5) is 18.8. The maximum atomic E-state index is 12.1. The molecule has 1 aromatic carbocycles. The first kappa shape index (κ1) is 20.0. The van der Waals surface area contributed by atoms with Gasteiger partial charge in [-0.2, -0.15) is 0 Å². The molecule has 0 saturated carbocycles. The van der Waals surface area contributed by atoms with E-state index < -0.39 is 0 Å². The predicted molar refractivity (Wildman–Crippen MR) is 109 cm³/mol. The Kier molecular flexibility index (Phi) is 7.72. The normalized spacial score (nSPS) is 11.3. The summed E-state index contributed by atoms with van der Waals surface area (Å²) in [5.41, 5.74) is 1.85. The minimum absolute atomic E-state index is 0.0881. The minimum Gasteiger partial charge on any atom is -0.357 e. The van der Waals surface area contributed by atoms with E-state index in [1.165, 1.54) is 5.69 Å². The van der Waals surface area contributed by atoms with Gasteiger partial charge in [-0.3, -0.25) is 9.79 Å². The van der Waals surface area contributed by atoms with Crippen LogP contribution in [0.25, 0.3) is 0 Å². The van der Waals surface area contributed by atoms with Crippen molar-refractivity contribution in [1.29, 1.82) is 0 Å². The molecule has 2 N–H and O–H groups in total. The number of amides is 1. The summed E-state index contributed by atoms with van der Waals surface area (Å²) < 4.78 is 3.05. The molecule has 2 aromatic rings. The van der Waals surface area contributed by atoms with Crippen LogP contribution >= 0.6 is 15.9 Å². The number of hydrogen-bond acceptors (Lipinski definition) is 2. The Balaban J connectivity index is 1.87. The van der Waals surface area contributed by atoms with Crippen LogP contribution in [0, 0.1) is 0 Å². The molecule has 0 aliphatic heterocycles. The molecule has 0 saturated heterocycles. The van der Waals surface area contributed by atoms with E-state index in [4.69, 9.17) is 0 Å². The van der Waals surface area contributed by atoms with Gasteiger partial charge < -0.3 is 20.1 Å². The number of benzene rings is 1. The number of nitrogens with one attached hydrogen (secondary N) is 2. The smallest absolute Gasteiger partial charge is 0.251 e. The summed E-state index contributed by atoms with van der Waals surface area (Å²) in [6.45, 7) is 4.60. The molecule has 26 heavy (non-hydrogen) atoms. The van der Waals surface area contributed by atoms with Crippen molar-refractivity contribution in [2.24, 2.45) is 12.0 Å². The van der Waals surface area contributed by atoms with Crippen molar-refractivity contribution in [3.05, 3.63) is 58.3 Å². The molecular formula is C19H26BrN5O. The maximum absolute atomic E-state index is 12.1. The molecule has 0 unspecified atom stereocenters. The van der Waals surface area contributed by atoms with Crippen LogP contribution in [0.1, 0.15) is 23.0 Å². The van der Waals surface area contributed by atoms with Gasteiger partial charge in [0.2, 0.25) is 0 Å². The zero-order valence-corrected chi connectivity index (χ0v) is 17.1. The Morgan fingerprint density at radius 2 is 1.96 bits per heavy atom. The number of carbonyl (C=O) groups is 1. The van der Waals surface area contributed by atoms with Gasteiger partial charge in [-0.1, -0.05) is 15.9 Å². The highest BCUT2D eigenvalue weighted by molar-refractivity contribution is 9.10. The molecule has 0 radical (unpaired) electrons. The van der Waals surface area contributed by atoms with E-state index in [2.05, 4.69) is 47.1 Å². The van der Waals surface area contributed by atoms with Gasteiger partial charge in [-0.15, -0.1) is 0 Å². The van der Waals surface area contributed by atoms with Crippen LogP contribution in [0.3, 0.4) is 0 Å². The van der Waals surface area contributed by atoms with Gasteiger partial charge in [0, 0.05) is 49.1 Å². The van der Waals surface area contributed by atoms with Crippen LogP contribution in [0.4, 0.5) is 0 Å². The van der Waals surface area contributed by atoms with Crippen molar-refractivity contribution in [1.82, 2.24) is 20.1 Å². The van der Waals surface area contributed by atoms with Gasteiger partial charge in [-0.25, -0.2) is 0 Å². The second kappa shape index (κ2) is 10.0. The van der Waals surface area contributed by atoms with Crippen molar-refractivity contribution in [3.63, 3.8) is 0 Å². The first-order valence-corrected chi connectivity index (χ1v) is 9.44. The zero-order valence-electron chi connectivity index (χ0n) is 15.5. The average Bonchev–Trinajstić information content (AvgIpc) is 3.02. The lowest BCUT2D eigenvalue weighted by molar-refractivity contribution is 0.0955. The molecule has 1 heterocycles. The molecule has 0 spiro atoms. The van der Waals surface area contributed by atoms with Crippen LogP contribution < -0.4 is 10.6 Å². The third-order valence-corrected chi connectivity index (χ3v) is 4.44. The lowest BCUT2D eigenvalue weighted by atomic mass is 10.2. The van der Waals surface area contributed by atoms with Gasteiger partial charge in [0.05, 0.1) is 13.1 Å². The first-order chi connectivity index (χ1) is 12.5. The minimum atomic E-state index is -0.0881. The van der Waals surface area contributed by atoms with E-state index in [0.717, 1.165) is 23.5 Å². The second-order valence-electron chi connectivity index (χ2n) is 5.96. The highest BCUT2D eigenvalue weighted by Crippen LogP contribution is 2.10. The molecule has 0 aliphatic rings. The van der Waals surface area contributed by atoms with E-state index in [1.54, 1.807) is 12.1 Å². The summed E-state index contributed by atoms with van der Waals surface area (Å²) in [7, 11) is 4.04. The second-order valence-corrected chi connectivity index (χ2v) is 6.88. The van der Waals surface area contributed by atoms with Gasteiger partial charge in [0.25, 0.3) is 5.91 Å². The molecule has 0 fully saturated rings. The Bertz CT molecular complexity index is 739. The average molecular weight is 420 g/mol. The van der Waals surface area contributed by atoms with E-state index in [1.807, 2.05) is 45.4 Å². The topological polar surface area (TPSA) is 61.7 Å². The number of guanidine groups is 1. The molecule has 0 bridgehead atoms. The molecule has 1 amide bonds. The molecule has 0 atom stereocenters. The van der Waals surface area contributed by atoms with Gasteiger partial charge in [-0.05, 0) is 43.3 Å². The van der Waals surface area contributed by atoms with E-state index in [9.17, 15) is 4.79 Å². The van der Waals surface area contributed by atoms with E-state index in [-0.39, 0.29) is 5.91 Å². The zero-order chi connectivity index (χ0) is 18.9. The van der Waals surface area contributed by atoms with E-state index in [0.29, 0.717) is 18.7 Å². The molecular weight excluding hydrogens is 394 g/mol. The van der Waals surface area contributed by atoms with Crippen LogP contribution in [-0.4, -0.2) is 48.0 Å². The fourth-order valence-corrected chi connectivity index (χ4v) is 2.75. The summed E-state index contributed by atoms with van der Waals surface area (Å²) >= 11 is 3.37. The summed E-state index contributed by atoms with van der Waals surface area (Å²) in [5, 5.41) is 6.19. The van der Waals surface area contributed by atoms with Crippen LogP contribution in [0.5, 0.6) is 0 Å². The van der Waals surface area contributed by atoms with Crippen molar-refractivity contribution >= 4 is 27.8 Å². The molecule has 6 nitrogen and oxygen atoms in total. The lowest BCUT2D eigenvalue weighted by Gasteiger charge is -2.22. The molecule has 140 valence electrons. The van der Waals surface area contributed by atoms with Gasteiger partial charge >= 0.3 is 0 Å². The summed E-state index contributed by atoms with van der Waals surface area (Å²) in [5.74, 6) is 0.737. The van der Waals surface area contributed by atoms with Gasteiger partial charge in [0.15, 0.2) is 5.96 Å². The molecule has 7 heteroatoms. The predicted octanol–water partition coefficient (Wildman–Crippen LogP) is 2.61. The Morgan fingerprint density at radius 3 is 2.58 bits per heavy atom. The van der Waals surface area contributed by atoms with Crippen LogP contribution in [-0.2, 0) is 13.6 Å². The highest BCUT2D eigenvalue weighted by Gasteiger charge is 2.08. The quantitative estimate of drug-likeness (QED) is 0.411. The monoisotopic (exact) mass is 419 g/mol. The molecule has 1 aromatic heterocycles. The van der Waals surface area contributed by atoms with Crippen LogP contribution in [0.15, 0.2) is 52.1 Å². The number of nitrogens with zero attached hydrogens (tertiary/aromatic N) is 3. The summed E-state index contributed by atoms with van der Waals surface area (Å²) in [6.07, 6.45) is 2.03. The van der Waals surface area contributed by atoms with Crippen molar-refractivity contribution in [3.8, 4) is 0 Å². The molecule has 2 rings (SSSR count). The van der Waals surface area contributed by atoms with Crippen molar-refractivity contribution in [2.45, 2.75) is 13.5 Å². The number of hydrogen-bond donors (Lipinski definition) is 2.